The minimum atomic E-state index is -3.58. The van der Waals surface area contributed by atoms with Gasteiger partial charge in [-0.15, -0.1) is 0 Å². The lowest BCUT2D eigenvalue weighted by Crippen LogP contribution is -2.26. The minimum absolute atomic E-state index is 0.0462. The molecular weight excluding hydrogens is 288 g/mol. The van der Waals surface area contributed by atoms with E-state index >= 15 is 0 Å². The molecule has 3 N–H and O–H groups in total. The highest BCUT2D eigenvalue weighted by atomic mass is 32.2. The second kappa shape index (κ2) is 5.38. The van der Waals surface area contributed by atoms with E-state index in [0.29, 0.717) is 11.4 Å². The molecule has 0 heterocycles. The second-order valence-corrected chi connectivity index (χ2v) is 6.66. The fraction of sp³-hybridized carbons (Fsp3) is 0.200. The highest BCUT2D eigenvalue weighted by Crippen LogP contribution is 2.32. The molecule has 0 bridgehead atoms. The van der Waals surface area contributed by atoms with Gasteiger partial charge in [0, 0.05) is 6.04 Å². The Morgan fingerprint density at radius 3 is 2.29 bits per heavy atom. The average Bonchev–Trinajstić information content (AvgIpc) is 3.25. The smallest absolute Gasteiger partial charge is 0.244 e. The van der Waals surface area contributed by atoms with E-state index < -0.39 is 10.0 Å². The summed E-state index contributed by atoms with van der Waals surface area (Å²) in [6.45, 7) is 0. The Morgan fingerprint density at radius 2 is 1.62 bits per heavy atom. The third kappa shape index (κ3) is 3.17. The molecule has 0 spiro atoms. The average molecular weight is 304 g/mol. The molecule has 0 unspecified atom stereocenters. The van der Waals surface area contributed by atoms with Crippen LogP contribution in [0, 0.1) is 0 Å². The Bertz CT molecular complexity index is 755. The lowest BCUT2D eigenvalue weighted by Gasteiger charge is -2.13. The van der Waals surface area contributed by atoms with Gasteiger partial charge in [0.2, 0.25) is 10.0 Å². The van der Waals surface area contributed by atoms with Crippen LogP contribution in [0.4, 0.5) is 5.69 Å². The highest BCUT2D eigenvalue weighted by molar-refractivity contribution is 7.89. The zero-order valence-electron chi connectivity index (χ0n) is 11.3. The van der Waals surface area contributed by atoms with Crippen LogP contribution in [0.5, 0.6) is 11.5 Å². The van der Waals surface area contributed by atoms with Gasteiger partial charge in [-0.25, -0.2) is 13.1 Å². The molecular formula is C15H16N2O3S. The fourth-order valence-electron chi connectivity index (χ4n) is 1.93. The van der Waals surface area contributed by atoms with Gasteiger partial charge >= 0.3 is 0 Å². The molecule has 1 fully saturated rings. The molecule has 0 saturated heterocycles. The number of nitrogen functional groups attached to an aromatic ring is 1. The third-order valence-electron chi connectivity index (χ3n) is 3.18. The standard InChI is InChI=1S/C15H16N2O3S/c16-12-5-1-2-6-13(12)20-14-7-3-4-8-15(14)21(18,19)17-11-9-10-11/h1-8,11,17H,9-10,16H2. The summed E-state index contributed by atoms with van der Waals surface area (Å²) in [6, 6.07) is 13.6. The second-order valence-electron chi connectivity index (χ2n) is 4.98. The van der Waals surface area contributed by atoms with Gasteiger partial charge in [-0.1, -0.05) is 24.3 Å². The predicted octanol–water partition coefficient (Wildman–Crippen LogP) is 2.50. The van der Waals surface area contributed by atoms with Crippen molar-refractivity contribution in [2.75, 3.05) is 5.73 Å². The maximum atomic E-state index is 12.4. The maximum Gasteiger partial charge on any atom is 0.244 e. The lowest BCUT2D eigenvalue weighted by molar-refractivity contribution is 0.468. The molecule has 1 aliphatic carbocycles. The number of nitrogens with one attached hydrogen (secondary N) is 1. The van der Waals surface area contributed by atoms with Gasteiger partial charge in [0.25, 0.3) is 0 Å². The summed E-state index contributed by atoms with van der Waals surface area (Å²) in [5, 5.41) is 0. The van der Waals surface area contributed by atoms with E-state index in [0.717, 1.165) is 12.8 Å². The minimum Gasteiger partial charge on any atom is -0.454 e. The Hall–Kier alpha value is -2.05. The maximum absolute atomic E-state index is 12.4. The summed E-state index contributed by atoms with van der Waals surface area (Å²) < 4.78 is 33.0. The molecule has 0 aromatic heterocycles. The van der Waals surface area contributed by atoms with E-state index in [2.05, 4.69) is 4.72 Å². The number of anilines is 1. The molecule has 6 heteroatoms. The molecule has 0 radical (unpaired) electrons. The molecule has 0 amide bonds. The Kier molecular flexibility index (Phi) is 3.57. The summed E-state index contributed by atoms with van der Waals surface area (Å²) in [5.74, 6) is 0.704. The number of hydrogen-bond donors (Lipinski definition) is 2. The van der Waals surface area contributed by atoms with Crippen LogP contribution >= 0.6 is 0 Å². The largest absolute Gasteiger partial charge is 0.454 e. The summed E-state index contributed by atoms with van der Waals surface area (Å²) in [7, 11) is -3.58. The van der Waals surface area contributed by atoms with Gasteiger partial charge in [0.05, 0.1) is 5.69 Å². The summed E-state index contributed by atoms with van der Waals surface area (Å²) in [6.07, 6.45) is 1.77. The van der Waals surface area contributed by atoms with Crippen LogP contribution in [0.3, 0.4) is 0 Å². The molecule has 110 valence electrons. The SMILES string of the molecule is Nc1ccccc1Oc1ccccc1S(=O)(=O)NC1CC1. The highest BCUT2D eigenvalue weighted by Gasteiger charge is 2.29. The van der Waals surface area contributed by atoms with E-state index in [1.165, 1.54) is 6.07 Å². The van der Waals surface area contributed by atoms with Crippen LogP contribution < -0.4 is 15.2 Å². The van der Waals surface area contributed by atoms with Crippen LogP contribution in [0.25, 0.3) is 0 Å². The third-order valence-corrected chi connectivity index (χ3v) is 4.74. The van der Waals surface area contributed by atoms with Crippen molar-refractivity contribution in [3.63, 3.8) is 0 Å². The number of ether oxygens (including phenoxy) is 1. The van der Waals surface area contributed by atoms with Crippen molar-refractivity contribution >= 4 is 15.7 Å². The first-order chi connectivity index (χ1) is 10.1. The Morgan fingerprint density at radius 1 is 1.00 bits per heavy atom. The predicted molar refractivity (Wildman–Crippen MR) is 80.7 cm³/mol. The number of benzene rings is 2. The topological polar surface area (TPSA) is 81.4 Å². The number of nitrogens with two attached hydrogens (primary N) is 1. The molecule has 3 rings (SSSR count). The van der Waals surface area contributed by atoms with Crippen molar-refractivity contribution in [3.8, 4) is 11.5 Å². The quantitative estimate of drug-likeness (QED) is 0.832. The Labute approximate surface area is 123 Å². The molecule has 5 nitrogen and oxygen atoms in total. The number of hydrogen-bond acceptors (Lipinski definition) is 4. The normalized spacial score (nSPS) is 14.9. The van der Waals surface area contributed by atoms with E-state index in [1.807, 2.05) is 0 Å². The van der Waals surface area contributed by atoms with E-state index in [4.69, 9.17) is 10.5 Å². The van der Waals surface area contributed by atoms with Crippen LogP contribution in [0.15, 0.2) is 53.4 Å². The van der Waals surface area contributed by atoms with Crippen molar-refractivity contribution in [1.29, 1.82) is 0 Å². The molecule has 2 aromatic rings. The lowest BCUT2D eigenvalue weighted by atomic mass is 10.3. The van der Waals surface area contributed by atoms with Crippen molar-refractivity contribution in [2.24, 2.45) is 0 Å². The molecule has 0 aliphatic heterocycles. The first-order valence-corrected chi connectivity index (χ1v) is 8.18. The first kappa shape index (κ1) is 13.9. The zero-order valence-corrected chi connectivity index (χ0v) is 12.1. The summed E-state index contributed by atoms with van der Waals surface area (Å²) >= 11 is 0. The van der Waals surface area contributed by atoms with Gasteiger partial charge in [0.15, 0.2) is 0 Å². The number of para-hydroxylation sites is 3. The molecule has 21 heavy (non-hydrogen) atoms. The first-order valence-electron chi connectivity index (χ1n) is 6.70. The van der Waals surface area contributed by atoms with Crippen molar-refractivity contribution in [3.05, 3.63) is 48.5 Å². The molecule has 0 atom stereocenters. The zero-order chi connectivity index (χ0) is 14.9. The van der Waals surface area contributed by atoms with E-state index in [-0.39, 0.29) is 16.7 Å². The van der Waals surface area contributed by atoms with Crippen molar-refractivity contribution in [2.45, 2.75) is 23.8 Å². The molecule has 1 saturated carbocycles. The monoisotopic (exact) mass is 304 g/mol. The summed E-state index contributed by atoms with van der Waals surface area (Å²) in [5.41, 5.74) is 6.29. The van der Waals surface area contributed by atoms with Crippen LogP contribution in [-0.4, -0.2) is 14.5 Å². The number of sulfonamides is 1. The van der Waals surface area contributed by atoms with Crippen molar-refractivity contribution in [1.82, 2.24) is 4.72 Å². The Balaban J connectivity index is 1.94. The van der Waals surface area contributed by atoms with Crippen LogP contribution in [-0.2, 0) is 10.0 Å². The van der Waals surface area contributed by atoms with Crippen LogP contribution in [0.2, 0.25) is 0 Å². The summed E-state index contributed by atoms with van der Waals surface area (Å²) in [4.78, 5) is 0.125. The van der Waals surface area contributed by atoms with Crippen LogP contribution in [0.1, 0.15) is 12.8 Å². The van der Waals surface area contributed by atoms with Gasteiger partial charge in [-0.3, -0.25) is 0 Å². The van der Waals surface area contributed by atoms with E-state index in [1.54, 1.807) is 42.5 Å². The van der Waals surface area contributed by atoms with Crippen molar-refractivity contribution < 1.29 is 13.2 Å². The fourth-order valence-corrected chi connectivity index (χ4v) is 3.37. The van der Waals surface area contributed by atoms with Gasteiger partial charge < -0.3 is 10.5 Å². The van der Waals surface area contributed by atoms with Gasteiger partial charge in [-0.2, -0.15) is 0 Å². The molecule has 2 aromatic carbocycles. The van der Waals surface area contributed by atoms with Gasteiger partial charge in [-0.05, 0) is 37.1 Å². The van der Waals surface area contributed by atoms with Gasteiger partial charge in [0.1, 0.15) is 16.4 Å². The van der Waals surface area contributed by atoms with E-state index in [9.17, 15) is 8.42 Å². The molecule has 1 aliphatic rings. The number of rotatable bonds is 5.